The zero-order chi connectivity index (χ0) is 15.2. The highest BCUT2D eigenvalue weighted by atomic mass is 16.6. The number of ether oxygens (including phenoxy) is 2. The highest BCUT2D eigenvalue weighted by Gasteiger charge is 2.36. The molecule has 3 N–H and O–H groups in total. The Morgan fingerprint density at radius 3 is 2.76 bits per heavy atom. The van der Waals surface area contributed by atoms with E-state index in [2.05, 4.69) is 5.32 Å². The van der Waals surface area contributed by atoms with Crippen LogP contribution in [0.3, 0.4) is 0 Å². The van der Waals surface area contributed by atoms with Crippen molar-refractivity contribution in [1.29, 1.82) is 0 Å². The molecule has 0 radical (unpaired) electrons. The van der Waals surface area contributed by atoms with Crippen LogP contribution in [0.25, 0.3) is 0 Å². The second-order valence-corrected chi connectivity index (χ2v) is 5.99. The number of fused-ring (bicyclic) bond motifs is 1. The van der Waals surface area contributed by atoms with Crippen LogP contribution in [0.4, 0.5) is 0 Å². The third-order valence-electron chi connectivity index (χ3n) is 3.86. The van der Waals surface area contributed by atoms with Crippen molar-refractivity contribution in [3.8, 4) is 0 Å². The van der Waals surface area contributed by atoms with Gasteiger partial charge in [-0.1, -0.05) is 12.1 Å². The number of carbonyl (C=O) groups is 1. The first kappa shape index (κ1) is 14.5. The second-order valence-electron chi connectivity index (χ2n) is 5.99. The van der Waals surface area contributed by atoms with E-state index in [9.17, 15) is 15.0 Å². The van der Waals surface area contributed by atoms with E-state index in [4.69, 9.17) is 9.47 Å². The summed E-state index contributed by atoms with van der Waals surface area (Å²) in [5.74, 6) is -0.241. The topological polar surface area (TPSA) is 88.0 Å². The summed E-state index contributed by atoms with van der Waals surface area (Å²) in [6.07, 6.45) is -1.72. The lowest BCUT2D eigenvalue weighted by atomic mass is 9.94. The lowest BCUT2D eigenvalue weighted by Gasteiger charge is -2.21. The number of aliphatic hydroxyl groups excluding tert-OH is 1. The highest BCUT2D eigenvalue weighted by molar-refractivity contribution is 5.99. The van der Waals surface area contributed by atoms with Gasteiger partial charge >= 0.3 is 0 Å². The molecule has 0 aromatic heterocycles. The van der Waals surface area contributed by atoms with E-state index < -0.39 is 24.0 Å². The summed E-state index contributed by atoms with van der Waals surface area (Å²) in [6, 6.07) is 5.22. The van der Waals surface area contributed by atoms with Crippen molar-refractivity contribution in [2.45, 2.75) is 37.9 Å². The van der Waals surface area contributed by atoms with Gasteiger partial charge < -0.3 is 25.0 Å². The molecule has 0 saturated carbocycles. The summed E-state index contributed by atoms with van der Waals surface area (Å²) in [4.78, 5) is 12.0. The van der Waals surface area contributed by atoms with Crippen molar-refractivity contribution in [1.82, 2.24) is 5.32 Å². The molecular formula is C15H19NO5. The summed E-state index contributed by atoms with van der Waals surface area (Å²) in [5.41, 5.74) is 0.866. The largest absolute Gasteiger partial charge is 0.388 e. The first-order valence-electron chi connectivity index (χ1n) is 6.95. The third-order valence-corrected chi connectivity index (χ3v) is 3.86. The maximum atomic E-state index is 12.0. The van der Waals surface area contributed by atoms with Crippen LogP contribution in [0, 0.1) is 0 Å². The standard InChI is InChI=1S/C15H19NO5/c1-15(2,19)8-3-4-9-10(5-8)13(18)16-14(9)21-12-7-20-6-11(12)17/h3-5,11-12,14,17,19H,6-7H2,1-2H3,(H,16,18)/t11-,12+,14?/m0/s1. The van der Waals surface area contributed by atoms with Crippen molar-refractivity contribution in [3.63, 3.8) is 0 Å². The maximum absolute atomic E-state index is 12.0. The normalized spacial score (nSPS) is 28.6. The van der Waals surface area contributed by atoms with Crippen LogP contribution in [0.15, 0.2) is 18.2 Å². The molecule has 2 aliphatic rings. The van der Waals surface area contributed by atoms with E-state index in [0.717, 1.165) is 0 Å². The van der Waals surface area contributed by atoms with Crippen LogP contribution in [0.5, 0.6) is 0 Å². The minimum atomic E-state index is -1.01. The average Bonchev–Trinajstić information content (AvgIpc) is 2.94. The monoisotopic (exact) mass is 293 g/mol. The molecule has 21 heavy (non-hydrogen) atoms. The molecule has 3 atom stereocenters. The van der Waals surface area contributed by atoms with Gasteiger partial charge in [-0.25, -0.2) is 0 Å². The lowest BCUT2D eigenvalue weighted by Crippen LogP contribution is -2.32. The Kier molecular flexibility index (Phi) is 3.49. The molecule has 2 aliphatic heterocycles. The Balaban J connectivity index is 1.85. The van der Waals surface area contributed by atoms with Crippen molar-refractivity contribution in [2.24, 2.45) is 0 Å². The van der Waals surface area contributed by atoms with Gasteiger partial charge in [-0.3, -0.25) is 4.79 Å². The van der Waals surface area contributed by atoms with Crippen molar-refractivity contribution >= 4 is 5.91 Å². The van der Waals surface area contributed by atoms with Crippen molar-refractivity contribution in [3.05, 3.63) is 34.9 Å². The van der Waals surface area contributed by atoms with Crippen LogP contribution >= 0.6 is 0 Å². The first-order valence-corrected chi connectivity index (χ1v) is 6.95. The summed E-state index contributed by atoms with van der Waals surface area (Å²) < 4.78 is 10.9. The van der Waals surface area contributed by atoms with Gasteiger partial charge in [0.2, 0.25) is 0 Å². The fourth-order valence-corrected chi connectivity index (χ4v) is 2.57. The third kappa shape index (κ3) is 2.67. The Morgan fingerprint density at radius 2 is 2.14 bits per heavy atom. The zero-order valence-electron chi connectivity index (χ0n) is 12.0. The summed E-state index contributed by atoms with van der Waals surface area (Å²) in [7, 11) is 0. The Bertz CT molecular complexity index is 566. The predicted molar refractivity (Wildman–Crippen MR) is 73.6 cm³/mol. The quantitative estimate of drug-likeness (QED) is 0.752. The number of hydrogen-bond acceptors (Lipinski definition) is 5. The van der Waals surface area contributed by atoms with E-state index in [1.807, 2.05) is 0 Å². The van der Waals surface area contributed by atoms with Gasteiger partial charge in [-0.15, -0.1) is 0 Å². The molecule has 3 rings (SSSR count). The Hall–Kier alpha value is -1.47. The Labute approximate surface area is 122 Å². The molecule has 6 nitrogen and oxygen atoms in total. The van der Waals surface area contributed by atoms with Gasteiger partial charge in [-0.2, -0.15) is 0 Å². The lowest BCUT2D eigenvalue weighted by molar-refractivity contribution is -0.0635. The van der Waals surface area contributed by atoms with Crippen LogP contribution in [0.2, 0.25) is 0 Å². The van der Waals surface area contributed by atoms with Crippen molar-refractivity contribution in [2.75, 3.05) is 13.2 Å². The van der Waals surface area contributed by atoms with Crippen LogP contribution in [-0.2, 0) is 15.1 Å². The number of rotatable bonds is 3. The molecule has 1 unspecified atom stereocenters. The van der Waals surface area contributed by atoms with Crippen molar-refractivity contribution < 1.29 is 24.5 Å². The maximum Gasteiger partial charge on any atom is 0.253 e. The molecule has 1 amide bonds. The Morgan fingerprint density at radius 1 is 1.38 bits per heavy atom. The molecule has 2 heterocycles. The van der Waals surface area contributed by atoms with Gasteiger partial charge in [0.15, 0.2) is 6.23 Å². The average molecular weight is 293 g/mol. The SMILES string of the molecule is CC(C)(O)c1ccc2c(c1)C(=O)NC2O[C@@H]1COC[C@@H]1O. The van der Waals surface area contributed by atoms with Gasteiger partial charge in [0.05, 0.1) is 18.8 Å². The van der Waals surface area contributed by atoms with Crippen LogP contribution in [-0.4, -0.2) is 41.5 Å². The minimum absolute atomic E-state index is 0.241. The number of nitrogens with one attached hydrogen (secondary N) is 1. The fraction of sp³-hybridized carbons (Fsp3) is 0.533. The molecule has 1 fully saturated rings. The highest BCUT2D eigenvalue weighted by Crippen LogP contribution is 2.32. The number of amides is 1. The van der Waals surface area contributed by atoms with Gasteiger partial charge in [-0.05, 0) is 25.5 Å². The predicted octanol–water partition coefficient (Wildman–Crippen LogP) is 0.432. The molecule has 1 aromatic rings. The molecule has 0 aliphatic carbocycles. The molecular weight excluding hydrogens is 274 g/mol. The number of benzene rings is 1. The fourth-order valence-electron chi connectivity index (χ4n) is 2.57. The van der Waals surface area contributed by atoms with Gasteiger partial charge in [0.25, 0.3) is 5.91 Å². The van der Waals surface area contributed by atoms with Crippen LogP contribution < -0.4 is 5.32 Å². The van der Waals surface area contributed by atoms with E-state index >= 15 is 0 Å². The molecule has 0 spiro atoms. The summed E-state index contributed by atoms with van der Waals surface area (Å²) >= 11 is 0. The zero-order valence-corrected chi connectivity index (χ0v) is 12.0. The van der Waals surface area contributed by atoms with E-state index in [0.29, 0.717) is 23.3 Å². The molecule has 0 bridgehead atoms. The second kappa shape index (κ2) is 5.06. The van der Waals surface area contributed by atoms with E-state index in [1.54, 1.807) is 32.0 Å². The van der Waals surface area contributed by atoms with Crippen LogP contribution in [0.1, 0.15) is 41.6 Å². The molecule has 114 valence electrons. The molecule has 1 saturated heterocycles. The summed E-state index contributed by atoms with van der Waals surface area (Å²) in [6.45, 7) is 3.89. The summed E-state index contributed by atoms with van der Waals surface area (Å²) in [5, 5.41) is 22.5. The molecule has 1 aromatic carbocycles. The smallest absolute Gasteiger partial charge is 0.253 e. The number of aliphatic hydroxyl groups is 2. The minimum Gasteiger partial charge on any atom is -0.388 e. The van der Waals surface area contributed by atoms with E-state index in [1.165, 1.54) is 0 Å². The first-order chi connectivity index (χ1) is 9.86. The van der Waals surface area contributed by atoms with Gasteiger partial charge in [0.1, 0.15) is 12.2 Å². The van der Waals surface area contributed by atoms with E-state index in [-0.39, 0.29) is 12.5 Å². The number of carbonyl (C=O) groups excluding carboxylic acids is 1. The van der Waals surface area contributed by atoms with Gasteiger partial charge in [0, 0.05) is 11.1 Å². The molecule has 6 heteroatoms. The number of hydrogen-bond donors (Lipinski definition) is 3.